The molecule has 1 aliphatic rings. The van der Waals surface area contributed by atoms with Gasteiger partial charge in [0.05, 0.1) is 0 Å². The van der Waals surface area contributed by atoms with Gasteiger partial charge < -0.3 is 5.32 Å². The Kier molecular flexibility index (Phi) is 4.60. The molecule has 0 unspecified atom stereocenters. The standard InChI is InChI=1S/C13H20ClN3/c1-2-10-3-5-11(6-4-10)9-17-13-12(14)15-7-8-16-13/h7-8,10-11H,2-6,9H2,1H3,(H,16,17). The molecule has 2 rings (SSSR count). The average molecular weight is 254 g/mol. The van der Waals surface area contributed by atoms with Gasteiger partial charge in [0.1, 0.15) is 0 Å². The summed E-state index contributed by atoms with van der Waals surface area (Å²) in [5.41, 5.74) is 0. The van der Waals surface area contributed by atoms with E-state index in [1.165, 1.54) is 32.1 Å². The molecule has 1 heterocycles. The fourth-order valence-electron chi connectivity index (χ4n) is 2.52. The van der Waals surface area contributed by atoms with Gasteiger partial charge in [-0.2, -0.15) is 0 Å². The third-order valence-corrected chi connectivity index (χ3v) is 4.03. The smallest absolute Gasteiger partial charge is 0.171 e. The van der Waals surface area contributed by atoms with E-state index in [-0.39, 0.29) is 0 Å². The lowest BCUT2D eigenvalue weighted by molar-refractivity contribution is 0.278. The third-order valence-electron chi connectivity index (χ3n) is 3.76. The minimum absolute atomic E-state index is 0.467. The Hall–Kier alpha value is -0.830. The molecule has 94 valence electrons. The number of halogens is 1. The van der Waals surface area contributed by atoms with Crippen LogP contribution in [-0.4, -0.2) is 16.5 Å². The van der Waals surface area contributed by atoms with Gasteiger partial charge in [-0.25, -0.2) is 9.97 Å². The van der Waals surface area contributed by atoms with Gasteiger partial charge in [0.15, 0.2) is 11.0 Å². The second-order valence-electron chi connectivity index (χ2n) is 4.87. The number of hydrogen-bond donors (Lipinski definition) is 1. The van der Waals surface area contributed by atoms with Crippen molar-refractivity contribution >= 4 is 17.4 Å². The van der Waals surface area contributed by atoms with E-state index >= 15 is 0 Å². The molecule has 0 spiro atoms. The summed E-state index contributed by atoms with van der Waals surface area (Å²) < 4.78 is 0. The van der Waals surface area contributed by atoms with Crippen LogP contribution in [0.3, 0.4) is 0 Å². The zero-order valence-electron chi connectivity index (χ0n) is 10.3. The first kappa shape index (κ1) is 12.6. The van der Waals surface area contributed by atoms with Gasteiger partial charge in [-0.05, 0) is 24.7 Å². The molecule has 4 heteroatoms. The summed E-state index contributed by atoms with van der Waals surface area (Å²) in [6.45, 7) is 3.26. The van der Waals surface area contributed by atoms with Crippen LogP contribution >= 0.6 is 11.6 Å². The maximum Gasteiger partial charge on any atom is 0.171 e. The van der Waals surface area contributed by atoms with Crippen molar-refractivity contribution in [3.63, 3.8) is 0 Å². The summed E-state index contributed by atoms with van der Waals surface area (Å²) in [7, 11) is 0. The first-order valence-electron chi connectivity index (χ1n) is 6.50. The van der Waals surface area contributed by atoms with Crippen LogP contribution in [0.4, 0.5) is 5.82 Å². The van der Waals surface area contributed by atoms with Gasteiger partial charge >= 0.3 is 0 Å². The van der Waals surface area contributed by atoms with E-state index in [4.69, 9.17) is 11.6 Å². The fraction of sp³-hybridized carbons (Fsp3) is 0.692. The van der Waals surface area contributed by atoms with Crippen LogP contribution in [0.25, 0.3) is 0 Å². The van der Waals surface area contributed by atoms with Gasteiger partial charge in [0.25, 0.3) is 0 Å². The molecule has 1 fully saturated rings. The van der Waals surface area contributed by atoms with Crippen molar-refractivity contribution in [3.8, 4) is 0 Å². The quantitative estimate of drug-likeness (QED) is 0.888. The zero-order valence-corrected chi connectivity index (χ0v) is 11.1. The van der Waals surface area contributed by atoms with Gasteiger partial charge in [0.2, 0.25) is 0 Å². The number of rotatable bonds is 4. The largest absolute Gasteiger partial charge is 0.367 e. The van der Waals surface area contributed by atoms with E-state index < -0.39 is 0 Å². The molecule has 0 atom stereocenters. The van der Waals surface area contributed by atoms with Crippen molar-refractivity contribution in [1.29, 1.82) is 0 Å². The van der Waals surface area contributed by atoms with Crippen LogP contribution in [-0.2, 0) is 0 Å². The Labute approximate surface area is 108 Å². The summed E-state index contributed by atoms with van der Waals surface area (Å²) >= 11 is 5.95. The van der Waals surface area contributed by atoms with E-state index in [1.54, 1.807) is 12.4 Å². The summed E-state index contributed by atoms with van der Waals surface area (Å²) in [5.74, 6) is 2.43. The Bertz CT molecular complexity index is 348. The normalized spacial score (nSPS) is 24.6. The van der Waals surface area contributed by atoms with Gasteiger partial charge in [0, 0.05) is 18.9 Å². The molecule has 3 nitrogen and oxygen atoms in total. The van der Waals surface area contributed by atoms with E-state index in [1.807, 2.05) is 0 Å². The second-order valence-corrected chi connectivity index (χ2v) is 5.23. The Morgan fingerprint density at radius 2 is 1.82 bits per heavy atom. The lowest BCUT2D eigenvalue weighted by atomic mass is 9.81. The molecule has 0 aromatic carbocycles. The van der Waals surface area contributed by atoms with E-state index in [0.29, 0.717) is 11.0 Å². The molecule has 0 saturated heterocycles. The predicted octanol–water partition coefficient (Wildman–Crippen LogP) is 3.76. The van der Waals surface area contributed by atoms with Gasteiger partial charge in [-0.1, -0.05) is 37.8 Å². The summed E-state index contributed by atoms with van der Waals surface area (Å²) in [4.78, 5) is 8.20. The SMILES string of the molecule is CCC1CCC(CNc2nccnc2Cl)CC1. The third kappa shape index (κ3) is 3.56. The fourth-order valence-corrected chi connectivity index (χ4v) is 2.70. The minimum Gasteiger partial charge on any atom is -0.367 e. The Balaban J connectivity index is 1.78. The number of aromatic nitrogens is 2. The summed E-state index contributed by atoms with van der Waals surface area (Å²) in [6.07, 6.45) is 10.00. The monoisotopic (exact) mass is 253 g/mol. The van der Waals surface area contributed by atoms with Crippen molar-refractivity contribution in [2.75, 3.05) is 11.9 Å². The van der Waals surface area contributed by atoms with Crippen molar-refractivity contribution < 1.29 is 0 Å². The molecular formula is C13H20ClN3. The molecule has 0 aliphatic heterocycles. The Morgan fingerprint density at radius 3 is 2.47 bits per heavy atom. The van der Waals surface area contributed by atoms with Crippen molar-refractivity contribution in [1.82, 2.24) is 9.97 Å². The van der Waals surface area contributed by atoms with Crippen LogP contribution in [0.1, 0.15) is 39.0 Å². The lowest BCUT2D eigenvalue weighted by Gasteiger charge is -2.27. The summed E-state index contributed by atoms with van der Waals surface area (Å²) in [6, 6.07) is 0. The molecule has 0 radical (unpaired) electrons. The number of nitrogens with one attached hydrogen (secondary N) is 1. The maximum atomic E-state index is 5.95. The van der Waals surface area contributed by atoms with Crippen LogP contribution < -0.4 is 5.32 Å². The topological polar surface area (TPSA) is 37.8 Å². The minimum atomic E-state index is 0.467. The maximum absolute atomic E-state index is 5.95. The first-order chi connectivity index (χ1) is 8.29. The Morgan fingerprint density at radius 1 is 1.18 bits per heavy atom. The molecule has 0 bridgehead atoms. The molecule has 1 aromatic heterocycles. The molecule has 1 saturated carbocycles. The molecule has 0 amide bonds. The zero-order chi connectivity index (χ0) is 12.1. The van der Waals surface area contributed by atoms with E-state index in [9.17, 15) is 0 Å². The van der Waals surface area contributed by atoms with Crippen LogP contribution in [0.15, 0.2) is 12.4 Å². The van der Waals surface area contributed by atoms with Crippen LogP contribution in [0.2, 0.25) is 5.15 Å². The number of hydrogen-bond acceptors (Lipinski definition) is 3. The highest BCUT2D eigenvalue weighted by atomic mass is 35.5. The van der Waals surface area contributed by atoms with Crippen molar-refractivity contribution in [2.24, 2.45) is 11.8 Å². The van der Waals surface area contributed by atoms with E-state index in [2.05, 4.69) is 22.2 Å². The molecular weight excluding hydrogens is 234 g/mol. The summed E-state index contributed by atoms with van der Waals surface area (Å²) in [5, 5.41) is 3.78. The second kappa shape index (κ2) is 6.20. The van der Waals surface area contributed by atoms with Crippen molar-refractivity contribution in [3.05, 3.63) is 17.5 Å². The highest BCUT2D eigenvalue weighted by Crippen LogP contribution is 2.30. The number of nitrogens with zero attached hydrogens (tertiary/aromatic N) is 2. The van der Waals surface area contributed by atoms with E-state index in [0.717, 1.165) is 18.4 Å². The predicted molar refractivity (Wildman–Crippen MR) is 71.3 cm³/mol. The van der Waals surface area contributed by atoms with Gasteiger partial charge in [-0.15, -0.1) is 0 Å². The van der Waals surface area contributed by atoms with Crippen molar-refractivity contribution in [2.45, 2.75) is 39.0 Å². The highest BCUT2D eigenvalue weighted by molar-refractivity contribution is 6.31. The molecule has 1 N–H and O–H groups in total. The number of anilines is 1. The van der Waals surface area contributed by atoms with Gasteiger partial charge in [-0.3, -0.25) is 0 Å². The van der Waals surface area contributed by atoms with Crippen LogP contribution in [0, 0.1) is 11.8 Å². The van der Waals surface area contributed by atoms with Crippen LogP contribution in [0.5, 0.6) is 0 Å². The highest BCUT2D eigenvalue weighted by Gasteiger charge is 2.19. The lowest BCUT2D eigenvalue weighted by Crippen LogP contribution is -2.21. The first-order valence-corrected chi connectivity index (χ1v) is 6.87. The molecule has 17 heavy (non-hydrogen) atoms. The molecule has 1 aliphatic carbocycles. The molecule has 1 aromatic rings. The average Bonchev–Trinajstić information content (AvgIpc) is 2.38.